The van der Waals surface area contributed by atoms with E-state index in [-0.39, 0.29) is 0 Å². The highest BCUT2D eigenvalue weighted by Crippen LogP contribution is 2.26. The predicted octanol–water partition coefficient (Wildman–Crippen LogP) is 3.00. The number of ether oxygens (including phenoxy) is 1. The zero-order valence-corrected chi connectivity index (χ0v) is 11.6. The third-order valence-corrected chi connectivity index (χ3v) is 3.15. The van der Waals surface area contributed by atoms with Crippen LogP contribution in [0.25, 0.3) is 11.1 Å². The monoisotopic (exact) mass is 270 g/mol. The Bertz CT molecular complexity index is 651. The largest absolute Gasteiger partial charge is 0.462 e. The van der Waals surface area contributed by atoms with Crippen molar-refractivity contribution < 1.29 is 9.53 Å². The Kier molecular flexibility index (Phi) is 3.94. The van der Waals surface area contributed by atoms with E-state index in [1.54, 1.807) is 19.1 Å². The molecule has 2 aromatic carbocycles. The van der Waals surface area contributed by atoms with Crippen molar-refractivity contribution in [3.05, 3.63) is 47.5 Å². The van der Waals surface area contributed by atoms with Gasteiger partial charge >= 0.3 is 5.97 Å². The van der Waals surface area contributed by atoms with Crippen molar-refractivity contribution in [2.45, 2.75) is 13.8 Å². The number of hydrogen-bond donors (Lipinski definition) is 2. The van der Waals surface area contributed by atoms with E-state index in [0.717, 1.165) is 22.4 Å². The molecule has 4 nitrogen and oxygen atoms in total. The lowest BCUT2D eigenvalue weighted by Gasteiger charge is -2.09. The second-order valence-corrected chi connectivity index (χ2v) is 4.59. The van der Waals surface area contributed by atoms with Crippen LogP contribution in [-0.2, 0) is 4.74 Å². The Balaban J connectivity index is 2.45. The summed E-state index contributed by atoms with van der Waals surface area (Å²) in [6.07, 6.45) is 0. The van der Waals surface area contributed by atoms with Crippen LogP contribution in [0.5, 0.6) is 0 Å². The van der Waals surface area contributed by atoms with E-state index in [1.165, 1.54) is 0 Å². The number of carbonyl (C=O) groups excluding carboxylic acids is 1. The van der Waals surface area contributed by atoms with Gasteiger partial charge in [-0.2, -0.15) is 0 Å². The fourth-order valence-electron chi connectivity index (χ4n) is 1.98. The molecule has 0 aliphatic carbocycles. The quantitative estimate of drug-likeness (QED) is 0.664. The van der Waals surface area contributed by atoms with Crippen LogP contribution in [0.1, 0.15) is 22.8 Å². The average molecular weight is 270 g/mol. The number of aryl methyl sites for hydroxylation is 1. The fourth-order valence-corrected chi connectivity index (χ4v) is 1.98. The van der Waals surface area contributed by atoms with Crippen molar-refractivity contribution in [2.24, 2.45) is 0 Å². The molecule has 0 aliphatic rings. The molecule has 20 heavy (non-hydrogen) atoms. The van der Waals surface area contributed by atoms with Gasteiger partial charge in [0.15, 0.2) is 0 Å². The second-order valence-electron chi connectivity index (χ2n) is 4.59. The van der Waals surface area contributed by atoms with Gasteiger partial charge in [0.1, 0.15) is 0 Å². The zero-order valence-electron chi connectivity index (χ0n) is 11.6. The van der Waals surface area contributed by atoms with Crippen molar-refractivity contribution in [1.29, 1.82) is 0 Å². The molecule has 2 rings (SSSR count). The lowest BCUT2D eigenvalue weighted by atomic mass is 10.00. The van der Waals surface area contributed by atoms with Crippen LogP contribution in [0.3, 0.4) is 0 Å². The second kappa shape index (κ2) is 5.65. The Labute approximate surface area is 118 Å². The normalized spacial score (nSPS) is 10.3. The molecule has 0 aliphatic heterocycles. The van der Waals surface area contributed by atoms with E-state index in [9.17, 15) is 4.79 Å². The Morgan fingerprint density at radius 3 is 2.25 bits per heavy atom. The van der Waals surface area contributed by atoms with Gasteiger partial charge in [-0.05, 0) is 54.8 Å². The first-order chi connectivity index (χ1) is 9.52. The van der Waals surface area contributed by atoms with Crippen molar-refractivity contribution in [2.75, 3.05) is 18.1 Å². The third-order valence-electron chi connectivity index (χ3n) is 3.15. The summed E-state index contributed by atoms with van der Waals surface area (Å²) < 4.78 is 5.00. The number of benzene rings is 2. The Morgan fingerprint density at radius 2 is 1.65 bits per heavy atom. The van der Waals surface area contributed by atoms with Crippen molar-refractivity contribution in [3.63, 3.8) is 0 Å². The molecule has 4 N–H and O–H groups in total. The smallest absolute Gasteiger partial charge is 0.340 e. The molecule has 0 amide bonds. The molecule has 0 aromatic heterocycles. The first-order valence-electron chi connectivity index (χ1n) is 6.46. The molecule has 0 saturated carbocycles. The van der Waals surface area contributed by atoms with E-state index in [2.05, 4.69) is 0 Å². The van der Waals surface area contributed by atoms with Crippen LogP contribution in [0.2, 0.25) is 0 Å². The molecule has 0 spiro atoms. The zero-order chi connectivity index (χ0) is 14.7. The van der Waals surface area contributed by atoms with Gasteiger partial charge in [-0.1, -0.05) is 12.1 Å². The summed E-state index contributed by atoms with van der Waals surface area (Å²) in [6.45, 7) is 4.03. The molecule has 0 bridgehead atoms. The van der Waals surface area contributed by atoms with Crippen LogP contribution in [0, 0.1) is 6.92 Å². The number of esters is 1. The predicted molar refractivity (Wildman–Crippen MR) is 81.4 cm³/mol. The van der Waals surface area contributed by atoms with Crippen LogP contribution in [0.15, 0.2) is 36.4 Å². The number of rotatable bonds is 3. The van der Waals surface area contributed by atoms with E-state index in [1.807, 2.05) is 31.2 Å². The maximum Gasteiger partial charge on any atom is 0.340 e. The summed E-state index contributed by atoms with van der Waals surface area (Å²) in [5, 5.41) is 0. The van der Waals surface area contributed by atoms with Gasteiger partial charge in [-0.3, -0.25) is 0 Å². The van der Waals surface area contributed by atoms with E-state index < -0.39 is 5.97 Å². The van der Waals surface area contributed by atoms with Crippen LogP contribution < -0.4 is 11.5 Å². The van der Waals surface area contributed by atoms with Gasteiger partial charge in [-0.15, -0.1) is 0 Å². The number of carbonyl (C=O) groups is 1. The SMILES string of the molecule is CCOC(=O)c1cc(-c2ccc(N)c(C)c2)ccc1N. The molecule has 0 radical (unpaired) electrons. The number of nitrogens with two attached hydrogens (primary N) is 2. The van der Waals surface area contributed by atoms with Gasteiger partial charge in [0.05, 0.1) is 12.2 Å². The van der Waals surface area contributed by atoms with Gasteiger partial charge in [0.25, 0.3) is 0 Å². The Morgan fingerprint density at radius 1 is 1.05 bits per heavy atom. The molecule has 0 saturated heterocycles. The minimum absolute atomic E-state index is 0.323. The molecule has 0 unspecified atom stereocenters. The summed E-state index contributed by atoms with van der Waals surface area (Å²) in [6, 6.07) is 11.1. The highest BCUT2D eigenvalue weighted by atomic mass is 16.5. The maximum atomic E-state index is 11.8. The third kappa shape index (κ3) is 2.74. The molecule has 0 atom stereocenters. The van der Waals surface area contributed by atoms with Gasteiger partial charge in [0, 0.05) is 11.4 Å². The summed E-state index contributed by atoms with van der Waals surface area (Å²) in [5.41, 5.74) is 16.1. The fraction of sp³-hybridized carbons (Fsp3) is 0.188. The van der Waals surface area contributed by atoms with E-state index in [0.29, 0.717) is 17.9 Å². The van der Waals surface area contributed by atoms with Crippen molar-refractivity contribution >= 4 is 17.3 Å². The lowest BCUT2D eigenvalue weighted by molar-refractivity contribution is 0.0527. The molecule has 104 valence electrons. The standard InChI is InChI=1S/C16H18N2O2/c1-3-20-16(19)13-9-12(5-7-15(13)18)11-4-6-14(17)10(2)8-11/h4-9H,3,17-18H2,1-2H3. The van der Waals surface area contributed by atoms with Crippen LogP contribution in [0.4, 0.5) is 11.4 Å². The summed E-state index contributed by atoms with van der Waals surface area (Å²) in [7, 11) is 0. The molecule has 0 fully saturated rings. The highest BCUT2D eigenvalue weighted by Gasteiger charge is 2.12. The van der Waals surface area contributed by atoms with Gasteiger partial charge in [0.2, 0.25) is 0 Å². The first-order valence-corrected chi connectivity index (χ1v) is 6.46. The molecule has 4 heteroatoms. The highest BCUT2D eigenvalue weighted by molar-refractivity contribution is 5.96. The van der Waals surface area contributed by atoms with Crippen molar-refractivity contribution in [3.8, 4) is 11.1 Å². The minimum atomic E-state index is -0.404. The van der Waals surface area contributed by atoms with Gasteiger partial charge < -0.3 is 16.2 Å². The van der Waals surface area contributed by atoms with E-state index in [4.69, 9.17) is 16.2 Å². The van der Waals surface area contributed by atoms with Crippen LogP contribution in [-0.4, -0.2) is 12.6 Å². The average Bonchev–Trinajstić information content (AvgIpc) is 2.42. The number of anilines is 2. The minimum Gasteiger partial charge on any atom is -0.462 e. The summed E-state index contributed by atoms with van der Waals surface area (Å²) in [4.78, 5) is 11.8. The van der Waals surface area contributed by atoms with Gasteiger partial charge in [-0.25, -0.2) is 4.79 Å². The van der Waals surface area contributed by atoms with E-state index >= 15 is 0 Å². The molecular weight excluding hydrogens is 252 g/mol. The first kappa shape index (κ1) is 13.9. The van der Waals surface area contributed by atoms with Crippen LogP contribution >= 0.6 is 0 Å². The number of nitrogen functional groups attached to an aromatic ring is 2. The molecule has 0 heterocycles. The molecule has 2 aromatic rings. The maximum absolute atomic E-state index is 11.8. The summed E-state index contributed by atoms with van der Waals surface area (Å²) >= 11 is 0. The Hall–Kier alpha value is -2.49. The lowest BCUT2D eigenvalue weighted by Crippen LogP contribution is -2.08. The topological polar surface area (TPSA) is 78.3 Å². The summed E-state index contributed by atoms with van der Waals surface area (Å²) in [5.74, 6) is -0.404. The molecular formula is C16H18N2O2. The van der Waals surface area contributed by atoms with Crippen molar-refractivity contribution in [1.82, 2.24) is 0 Å². The number of hydrogen-bond acceptors (Lipinski definition) is 4.